The molecule has 1 aliphatic heterocycles. The summed E-state index contributed by atoms with van der Waals surface area (Å²) in [5.41, 5.74) is 6.91. The zero-order valence-corrected chi connectivity index (χ0v) is 10.9. The number of aliphatic imine (C=N–C) groups is 1. The minimum Gasteiger partial charge on any atom is -0.367 e. The van der Waals surface area contributed by atoms with Gasteiger partial charge in [-0.25, -0.2) is 4.79 Å². The van der Waals surface area contributed by atoms with Gasteiger partial charge in [-0.15, -0.1) is 0 Å². The maximum absolute atomic E-state index is 11.2. The molecule has 1 fully saturated rings. The summed E-state index contributed by atoms with van der Waals surface area (Å²) in [6.45, 7) is 3.08. The third kappa shape index (κ3) is 2.83. The molecule has 0 bridgehead atoms. The van der Waals surface area contributed by atoms with E-state index in [2.05, 4.69) is 16.8 Å². The Hall–Kier alpha value is -2.13. The van der Waals surface area contributed by atoms with Crippen molar-refractivity contribution in [1.29, 1.82) is 0 Å². The van der Waals surface area contributed by atoms with Crippen LogP contribution >= 0.6 is 0 Å². The molecule has 19 heavy (non-hydrogen) atoms. The maximum atomic E-state index is 11.2. The van der Waals surface area contributed by atoms with E-state index < -0.39 is 5.91 Å². The van der Waals surface area contributed by atoms with Crippen LogP contribution in [0.1, 0.15) is 36.5 Å². The number of rotatable bonds is 3. The number of hydrogen-bond acceptors (Lipinski definition) is 4. The fraction of sp³-hybridized carbons (Fsp3) is 0.429. The van der Waals surface area contributed by atoms with Crippen molar-refractivity contribution >= 4 is 23.4 Å². The van der Waals surface area contributed by atoms with Crippen molar-refractivity contribution in [3.63, 3.8) is 0 Å². The summed E-state index contributed by atoms with van der Waals surface area (Å²) >= 11 is 0. The normalized spacial score (nSPS) is 18.8. The summed E-state index contributed by atoms with van der Waals surface area (Å²) < 4.78 is 0. The zero-order valence-electron chi connectivity index (χ0n) is 10.9. The first-order chi connectivity index (χ1) is 9.13. The average Bonchev–Trinajstić information content (AvgIpc) is 2.40. The van der Waals surface area contributed by atoms with Crippen LogP contribution in [0.5, 0.6) is 0 Å². The van der Waals surface area contributed by atoms with Crippen molar-refractivity contribution in [3.8, 4) is 0 Å². The number of isocyanates is 1. The molecule has 0 spiro atoms. The predicted octanol–water partition coefficient (Wildman–Crippen LogP) is 2.13. The minimum absolute atomic E-state index is 0.349. The predicted molar refractivity (Wildman–Crippen MR) is 73.4 cm³/mol. The molecule has 0 saturated carbocycles. The highest BCUT2D eigenvalue weighted by Gasteiger charge is 2.21. The number of amides is 1. The van der Waals surface area contributed by atoms with E-state index in [9.17, 15) is 9.59 Å². The van der Waals surface area contributed by atoms with Gasteiger partial charge in [-0.3, -0.25) is 4.79 Å². The molecular weight excluding hydrogens is 242 g/mol. The molecule has 0 radical (unpaired) electrons. The Kier molecular flexibility index (Phi) is 3.97. The van der Waals surface area contributed by atoms with Gasteiger partial charge in [0.2, 0.25) is 12.0 Å². The van der Waals surface area contributed by atoms with Gasteiger partial charge in [-0.05, 0) is 44.4 Å². The Morgan fingerprint density at radius 2 is 2.26 bits per heavy atom. The van der Waals surface area contributed by atoms with Crippen LogP contribution in [0, 0.1) is 0 Å². The maximum Gasteiger partial charge on any atom is 0.248 e. The molecule has 0 aliphatic carbocycles. The Bertz CT molecular complexity index is 535. The lowest BCUT2D eigenvalue weighted by molar-refractivity contribution is 0.100. The van der Waals surface area contributed by atoms with E-state index in [1.54, 1.807) is 24.3 Å². The lowest BCUT2D eigenvalue weighted by Crippen LogP contribution is -2.37. The summed E-state index contributed by atoms with van der Waals surface area (Å²) in [6.07, 6.45) is 4.98. The molecular formula is C14H17N3O2. The number of anilines is 1. The van der Waals surface area contributed by atoms with Gasteiger partial charge in [0.25, 0.3) is 0 Å². The van der Waals surface area contributed by atoms with Crippen molar-refractivity contribution in [2.45, 2.75) is 32.2 Å². The SMILES string of the molecule is CC1CCCCN1c1ccc(C(N)=O)cc1N=C=O. The highest BCUT2D eigenvalue weighted by molar-refractivity contribution is 5.95. The fourth-order valence-electron chi connectivity index (χ4n) is 2.51. The van der Waals surface area contributed by atoms with E-state index in [0.29, 0.717) is 17.3 Å². The second-order valence-electron chi connectivity index (χ2n) is 4.81. The van der Waals surface area contributed by atoms with Crippen LogP contribution in [0.4, 0.5) is 11.4 Å². The molecule has 2 rings (SSSR count). The van der Waals surface area contributed by atoms with E-state index >= 15 is 0 Å². The van der Waals surface area contributed by atoms with E-state index in [-0.39, 0.29) is 0 Å². The first kappa shape index (κ1) is 13.3. The lowest BCUT2D eigenvalue weighted by atomic mass is 10.0. The van der Waals surface area contributed by atoms with Crippen molar-refractivity contribution in [2.75, 3.05) is 11.4 Å². The van der Waals surface area contributed by atoms with Gasteiger partial charge in [0, 0.05) is 18.2 Å². The molecule has 1 saturated heterocycles. The van der Waals surface area contributed by atoms with Crippen LogP contribution in [0.3, 0.4) is 0 Å². The Balaban J connectivity index is 2.43. The van der Waals surface area contributed by atoms with Crippen LogP contribution in [0.25, 0.3) is 0 Å². The van der Waals surface area contributed by atoms with Crippen LogP contribution in [0.15, 0.2) is 23.2 Å². The van der Waals surface area contributed by atoms with Gasteiger partial charge in [-0.1, -0.05) is 0 Å². The highest BCUT2D eigenvalue weighted by Crippen LogP contribution is 2.33. The molecule has 1 amide bonds. The summed E-state index contributed by atoms with van der Waals surface area (Å²) in [7, 11) is 0. The Labute approximate surface area is 112 Å². The second kappa shape index (κ2) is 5.67. The summed E-state index contributed by atoms with van der Waals surface area (Å²) in [6, 6.07) is 5.42. The molecule has 1 aromatic carbocycles. The number of hydrogen-bond donors (Lipinski definition) is 1. The van der Waals surface area contributed by atoms with Crippen molar-refractivity contribution < 1.29 is 9.59 Å². The molecule has 1 heterocycles. The number of carbonyl (C=O) groups excluding carboxylic acids is 2. The van der Waals surface area contributed by atoms with Gasteiger partial charge >= 0.3 is 0 Å². The first-order valence-electron chi connectivity index (χ1n) is 6.42. The lowest BCUT2D eigenvalue weighted by Gasteiger charge is -2.36. The van der Waals surface area contributed by atoms with Crippen LogP contribution < -0.4 is 10.6 Å². The molecule has 1 aromatic rings. The summed E-state index contributed by atoms with van der Waals surface area (Å²) in [5.74, 6) is -0.527. The second-order valence-corrected chi connectivity index (χ2v) is 4.81. The van der Waals surface area contributed by atoms with E-state index in [1.807, 2.05) is 0 Å². The molecule has 1 unspecified atom stereocenters. The molecule has 5 heteroatoms. The van der Waals surface area contributed by atoms with Crippen LogP contribution in [0.2, 0.25) is 0 Å². The number of nitrogens with two attached hydrogens (primary N) is 1. The number of piperidine rings is 1. The number of carbonyl (C=O) groups is 1. The molecule has 100 valence electrons. The fourth-order valence-corrected chi connectivity index (χ4v) is 2.51. The number of benzene rings is 1. The molecule has 1 aliphatic rings. The van der Waals surface area contributed by atoms with Crippen molar-refractivity contribution in [1.82, 2.24) is 0 Å². The van der Waals surface area contributed by atoms with E-state index in [0.717, 1.165) is 25.1 Å². The third-order valence-electron chi connectivity index (χ3n) is 3.54. The molecule has 1 atom stereocenters. The van der Waals surface area contributed by atoms with Gasteiger partial charge in [0.05, 0.1) is 5.69 Å². The monoisotopic (exact) mass is 259 g/mol. The van der Waals surface area contributed by atoms with Gasteiger partial charge in [0.15, 0.2) is 0 Å². The third-order valence-corrected chi connectivity index (χ3v) is 3.54. The van der Waals surface area contributed by atoms with Crippen LogP contribution in [-0.2, 0) is 4.79 Å². The number of primary amides is 1. The Morgan fingerprint density at radius 1 is 1.47 bits per heavy atom. The zero-order chi connectivity index (χ0) is 13.8. The average molecular weight is 259 g/mol. The van der Waals surface area contributed by atoms with Gasteiger partial charge in [-0.2, -0.15) is 4.99 Å². The Morgan fingerprint density at radius 3 is 2.89 bits per heavy atom. The van der Waals surface area contributed by atoms with Gasteiger partial charge < -0.3 is 10.6 Å². The summed E-state index contributed by atoms with van der Waals surface area (Å²) in [5, 5.41) is 0. The smallest absolute Gasteiger partial charge is 0.248 e. The molecule has 5 nitrogen and oxygen atoms in total. The number of nitrogens with zero attached hydrogens (tertiary/aromatic N) is 2. The van der Waals surface area contributed by atoms with Gasteiger partial charge in [0.1, 0.15) is 5.69 Å². The van der Waals surface area contributed by atoms with E-state index in [4.69, 9.17) is 5.73 Å². The summed E-state index contributed by atoms with van der Waals surface area (Å²) in [4.78, 5) is 27.6. The molecule has 0 aromatic heterocycles. The standard InChI is InChI=1S/C14H17N3O2/c1-10-4-2-3-7-17(10)13-6-5-11(14(15)19)8-12(13)16-9-18/h5-6,8,10H,2-4,7H2,1H3,(H2,15,19). The first-order valence-corrected chi connectivity index (χ1v) is 6.42. The minimum atomic E-state index is -0.527. The van der Waals surface area contributed by atoms with E-state index in [1.165, 1.54) is 6.42 Å². The largest absolute Gasteiger partial charge is 0.367 e. The van der Waals surface area contributed by atoms with Crippen LogP contribution in [-0.4, -0.2) is 24.6 Å². The highest BCUT2D eigenvalue weighted by atomic mass is 16.1. The van der Waals surface area contributed by atoms with Crippen molar-refractivity contribution in [3.05, 3.63) is 23.8 Å². The van der Waals surface area contributed by atoms with Crippen molar-refractivity contribution in [2.24, 2.45) is 10.7 Å². The molecule has 2 N–H and O–H groups in total. The quantitative estimate of drug-likeness (QED) is 0.667. The topological polar surface area (TPSA) is 75.8 Å².